The van der Waals surface area contributed by atoms with Crippen LogP contribution in [0.1, 0.15) is 11.1 Å². The molecule has 3 N–H and O–H groups in total. The first-order chi connectivity index (χ1) is 11.6. The minimum Gasteiger partial charge on any atom is -0.397 e. The Morgan fingerprint density at radius 1 is 1.33 bits per heavy atom. The number of aromatic amines is 1. The number of nitrogen functional groups attached to an aromatic ring is 1. The molecule has 3 heterocycles. The van der Waals surface area contributed by atoms with E-state index >= 15 is 0 Å². The maximum atomic E-state index is 11.9. The predicted octanol–water partition coefficient (Wildman–Crippen LogP) is 1.42. The van der Waals surface area contributed by atoms with Crippen molar-refractivity contribution in [2.24, 2.45) is 0 Å². The number of aryl methyl sites for hydroxylation is 1. The Morgan fingerprint density at radius 2 is 2.12 bits per heavy atom. The molecule has 24 heavy (non-hydrogen) atoms. The fraction of sp³-hybridized carbons (Fsp3) is 0.0625. The molecule has 0 atom stereocenters. The van der Waals surface area contributed by atoms with Gasteiger partial charge in [-0.15, -0.1) is 5.10 Å². The largest absolute Gasteiger partial charge is 0.397 e. The maximum Gasteiger partial charge on any atom is 0.269 e. The Hall–Kier alpha value is -3.73. The second-order valence-corrected chi connectivity index (χ2v) is 5.34. The number of nitrogens with one attached hydrogen (secondary N) is 1. The molecule has 0 amide bonds. The summed E-state index contributed by atoms with van der Waals surface area (Å²) < 4.78 is 1.66. The van der Waals surface area contributed by atoms with Crippen molar-refractivity contribution in [3.63, 3.8) is 0 Å². The van der Waals surface area contributed by atoms with E-state index in [0.29, 0.717) is 16.7 Å². The fourth-order valence-corrected chi connectivity index (χ4v) is 2.81. The summed E-state index contributed by atoms with van der Waals surface area (Å²) in [5.74, 6) is 0. The number of pyridine rings is 2. The van der Waals surface area contributed by atoms with E-state index in [1.54, 1.807) is 10.9 Å². The van der Waals surface area contributed by atoms with E-state index in [1.807, 2.05) is 37.3 Å². The van der Waals surface area contributed by atoms with Crippen LogP contribution in [0.2, 0.25) is 0 Å². The minimum atomic E-state index is -0.548. The van der Waals surface area contributed by atoms with Crippen molar-refractivity contribution in [2.45, 2.75) is 6.92 Å². The Kier molecular flexibility index (Phi) is 2.83. The lowest BCUT2D eigenvalue weighted by molar-refractivity contribution is 0.816. The number of benzene rings is 1. The molecule has 0 aliphatic heterocycles. The summed E-state index contributed by atoms with van der Waals surface area (Å²) in [6.07, 6.45) is 1.60. The van der Waals surface area contributed by atoms with Gasteiger partial charge < -0.3 is 10.7 Å². The number of anilines is 1. The minimum absolute atomic E-state index is 0.118. The summed E-state index contributed by atoms with van der Waals surface area (Å²) in [5.41, 5.74) is 8.83. The van der Waals surface area contributed by atoms with Gasteiger partial charge in [-0.3, -0.25) is 4.79 Å². The highest BCUT2D eigenvalue weighted by Crippen LogP contribution is 2.28. The van der Waals surface area contributed by atoms with Crippen LogP contribution in [-0.4, -0.2) is 25.0 Å². The van der Waals surface area contributed by atoms with E-state index in [9.17, 15) is 4.79 Å². The summed E-state index contributed by atoms with van der Waals surface area (Å²) in [4.78, 5) is 18.7. The Balaban J connectivity index is 2.10. The van der Waals surface area contributed by atoms with Gasteiger partial charge in [-0.05, 0) is 24.6 Å². The number of H-pyrrole nitrogens is 1. The standard InChI is InChI=1S/C16H11N7O/c1-8-12(23-11-5-3-2-4-10(11)21-22-23)7-19-15-13(8)14(18)9(6-17)16(24)20-15/h2-5,7H,1H3,(H3,18,19,20,24). The van der Waals surface area contributed by atoms with Gasteiger partial charge in [0.25, 0.3) is 5.56 Å². The van der Waals surface area contributed by atoms with Crippen LogP contribution in [0.3, 0.4) is 0 Å². The molecule has 8 nitrogen and oxygen atoms in total. The smallest absolute Gasteiger partial charge is 0.269 e. The lowest BCUT2D eigenvalue weighted by Gasteiger charge is -2.11. The lowest BCUT2D eigenvalue weighted by atomic mass is 10.1. The molecule has 0 radical (unpaired) electrons. The first kappa shape index (κ1) is 13.9. The van der Waals surface area contributed by atoms with Gasteiger partial charge in [-0.2, -0.15) is 5.26 Å². The van der Waals surface area contributed by atoms with Gasteiger partial charge in [0.15, 0.2) is 0 Å². The Labute approximate surface area is 135 Å². The van der Waals surface area contributed by atoms with Gasteiger partial charge in [0.2, 0.25) is 0 Å². The number of nitrogens with two attached hydrogens (primary N) is 1. The van der Waals surface area contributed by atoms with Crippen LogP contribution < -0.4 is 11.3 Å². The number of nitriles is 1. The molecule has 4 aromatic rings. The van der Waals surface area contributed by atoms with Crippen molar-refractivity contribution in [3.8, 4) is 11.8 Å². The molecule has 0 bridgehead atoms. The van der Waals surface area contributed by atoms with Crippen LogP contribution in [-0.2, 0) is 0 Å². The summed E-state index contributed by atoms with van der Waals surface area (Å²) in [7, 11) is 0. The first-order valence-electron chi connectivity index (χ1n) is 7.14. The number of rotatable bonds is 1. The van der Waals surface area contributed by atoms with Crippen molar-refractivity contribution >= 4 is 27.8 Å². The molecule has 0 unspecified atom stereocenters. The summed E-state index contributed by atoms with van der Waals surface area (Å²) in [6, 6.07) is 9.38. The van der Waals surface area contributed by atoms with Gasteiger partial charge in [0.05, 0.1) is 23.1 Å². The molecular formula is C16H11N7O. The molecule has 3 aromatic heterocycles. The number of fused-ring (bicyclic) bond motifs is 2. The second kappa shape index (κ2) is 4.89. The normalized spacial score (nSPS) is 11.0. The van der Waals surface area contributed by atoms with E-state index in [4.69, 9.17) is 11.0 Å². The fourth-order valence-electron chi connectivity index (χ4n) is 2.81. The Bertz CT molecular complexity index is 1210. The van der Waals surface area contributed by atoms with Crippen molar-refractivity contribution in [1.29, 1.82) is 5.26 Å². The second-order valence-electron chi connectivity index (χ2n) is 5.34. The molecule has 0 fully saturated rings. The van der Waals surface area contributed by atoms with Crippen LogP contribution in [0, 0.1) is 18.3 Å². The molecule has 8 heteroatoms. The predicted molar refractivity (Wildman–Crippen MR) is 88.7 cm³/mol. The zero-order chi connectivity index (χ0) is 16.8. The van der Waals surface area contributed by atoms with Crippen LogP contribution in [0.15, 0.2) is 35.3 Å². The van der Waals surface area contributed by atoms with E-state index in [1.165, 1.54) is 0 Å². The molecule has 0 aliphatic carbocycles. The third-order valence-electron chi connectivity index (χ3n) is 4.00. The number of hydrogen-bond donors (Lipinski definition) is 2. The SMILES string of the molecule is Cc1c(-n2nnc3ccccc32)cnc2[nH]c(=O)c(C#N)c(N)c12. The van der Waals surface area contributed by atoms with Gasteiger partial charge in [-0.1, -0.05) is 17.3 Å². The van der Waals surface area contributed by atoms with E-state index in [0.717, 1.165) is 16.6 Å². The van der Waals surface area contributed by atoms with Crippen LogP contribution in [0.4, 0.5) is 5.69 Å². The summed E-state index contributed by atoms with van der Waals surface area (Å²) in [5, 5.41) is 18.0. The average molecular weight is 317 g/mol. The van der Waals surface area contributed by atoms with Crippen molar-refractivity contribution < 1.29 is 0 Å². The molecule has 0 spiro atoms. The van der Waals surface area contributed by atoms with Gasteiger partial charge in [0.1, 0.15) is 22.8 Å². The van der Waals surface area contributed by atoms with Gasteiger partial charge in [0, 0.05) is 5.39 Å². The number of nitrogens with zero attached hydrogens (tertiary/aromatic N) is 5. The highest BCUT2D eigenvalue weighted by Gasteiger charge is 2.17. The molecule has 0 saturated carbocycles. The van der Waals surface area contributed by atoms with Gasteiger partial charge in [-0.25, -0.2) is 9.67 Å². The van der Waals surface area contributed by atoms with Crippen LogP contribution in [0.5, 0.6) is 0 Å². The van der Waals surface area contributed by atoms with Gasteiger partial charge >= 0.3 is 0 Å². The number of hydrogen-bond acceptors (Lipinski definition) is 6. The van der Waals surface area contributed by atoms with Crippen LogP contribution >= 0.6 is 0 Å². The maximum absolute atomic E-state index is 11.9. The third kappa shape index (κ3) is 1.78. The average Bonchev–Trinajstić information content (AvgIpc) is 2.99. The van der Waals surface area contributed by atoms with Crippen molar-refractivity contribution in [3.05, 3.63) is 51.9 Å². The molecular weight excluding hydrogens is 306 g/mol. The summed E-state index contributed by atoms with van der Waals surface area (Å²) >= 11 is 0. The topological polar surface area (TPSA) is 126 Å². The highest BCUT2D eigenvalue weighted by molar-refractivity contribution is 5.95. The Morgan fingerprint density at radius 3 is 2.92 bits per heavy atom. The number of aromatic nitrogens is 5. The molecule has 0 aliphatic rings. The summed E-state index contributed by atoms with van der Waals surface area (Å²) in [6.45, 7) is 1.84. The number of para-hydroxylation sites is 1. The molecule has 0 saturated heterocycles. The lowest BCUT2D eigenvalue weighted by Crippen LogP contribution is -2.15. The first-order valence-corrected chi connectivity index (χ1v) is 7.14. The zero-order valence-corrected chi connectivity index (χ0v) is 12.6. The third-order valence-corrected chi connectivity index (χ3v) is 4.00. The van der Waals surface area contributed by atoms with E-state index in [-0.39, 0.29) is 11.3 Å². The van der Waals surface area contributed by atoms with E-state index in [2.05, 4.69) is 20.3 Å². The monoisotopic (exact) mass is 317 g/mol. The molecule has 4 rings (SSSR count). The van der Waals surface area contributed by atoms with Crippen molar-refractivity contribution in [2.75, 3.05) is 5.73 Å². The molecule has 1 aromatic carbocycles. The van der Waals surface area contributed by atoms with E-state index < -0.39 is 5.56 Å². The van der Waals surface area contributed by atoms with Crippen molar-refractivity contribution in [1.82, 2.24) is 25.0 Å². The van der Waals surface area contributed by atoms with Crippen LogP contribution in [0.25, 0.3) is 27.8 Å². The highest BCUT2D eigenvalue weighted by atomic mass is 16.1. The quantitative estimate of drug-likeness (QED) is 0.546. The zero-order valence-electron chi connectivity index (χ0n) is 12.6. The molecule has 116 valence electrons.